The molecule has 1 aromatic heterocycles. The smallest absolute Gasteiger partial charge is 0.471 e. The summed E-state index contributed by atoms with van der Waals surface area (Å²) in [7, 11) is 1.48. The van der Waals surface area contributed by atoms with Crippen molar-refractivity contribution in [3.8, 4) is 5.75 Å². The highest BCUT2D eigenvalue weighted by molar-refractivity contribution is 5.94. The predicted molar refractivity (Wildman–Crippen MR) is 138 cm³/mol. The molecule has 0 spiro atoms. The van der Waals surface area contributed by atoms with Crippen LogP contribution in [0.2, 0.25) is 0 Å². The lowest BCUT2D eigenvalue weighted by atomic mass is 9.89. The van der Waals surface area contributed by atoms with E-state index < -0.39 is 23.8 Å². The molecule has 2 aromatic carbocycles. The number of nitrogens with one attached hydrogen (secondary N) is 1. The van der Waals surface area contributed by atoms with E-state index in [-0.39, 0.29) is 19.0 Å². The van der Waals surface area contributed by atoms with E-state index >= 15 is 0 Å². The quantitative estimate of drug-likeness (QED) is 0.485. The Morgan fingerprint density at radius 3 is 2.49 bits per heavy atom. The third-order valence-electron chi connectivity index (χ3n) is 6.69. The van der Waals surface area contributed by atoms with Crippen LogP contribution in [0.1, 0.15) is 37.8 Å². The molecule has 39 heavy (non-hydrogen) atoms. The van der Waals surface area contributed by atoms with Crippen LogP contribution in [0.5, 0.6) is 5.75 Å². The van der Waals surface area contributed by atoms with E-state index in [1.54, 1.807) is 17.0 Å². The monoisotopic (exact) mass is 543 g/mol. The Morgan fingerprint density at radius 1 is 1.08 bits per heavy atom. The number of anilines is 3. The van der Waals surface area contributed by atoms with Crippen LogP contribution in [0.4, 0.5) is 35.2 Å². The van der Waals surface area contributed by atoms with Gasteiger partial charge < -0.3 is 19.7 Å². The molecular formula is C27H28F3N5O4. The van der Waals surface area contributed by atoms with Gasteiger partial charge in [0.15, 0.2) is 0 Å². The second kappa shape index (κ2) is 9.58. The Morgan fingerprint density at radius 2 is 1.82 bits per heavy atom. The number of rotatable bonds is 4. The van der Waals surface area contributed by atoms with E-state index in [1.165, 1.54) is 13.4 Å². The van der Waals surface area contributed by atoms with Crippen molar-refractivity contribution in [2.45, 2.75) is 44.9 Å². The van der Waals surface area contributed by atoms with Crippen molar-refractivity contribution in [2.24, 2.45) is 0 Å². The van der Waals surface area contributed by atoms with Crippen molar-refractivity contribution in [1.29, 1.82) is 0 Å². The zero-order valence-electron chi connectivity index (χ0n) is 21.9. The predicted octanol–water partition coefficient (Wildman–Crippen LogP) is 5.17. The Labute approximate surface area is 222 Å². The van der Waals surface area contributed by atoms with Gasteiger partial charge in [0.1, 0.15) is 23.5 Å². The number of carbonyl (C=O) groups excluding carboxylic acids is 2. The lowest BCUT2D eigenvalue weighted by molar-refractivity contribution is -0.189. The maximum atomic E-state index is 12.8. The number of carbonyl (C=O) groups is 2. The van der Waals surface area contributed by atoms with Gasteiger partial charge in [0.25, 0.3) is 0 Å². The highest BCUT2D eigenvalue weighted by Gasteiger charge is 2.47. The van der Waals surface area contributed by atoms with Crippen molar-refractivity contribution in [2.75, 3.05) is 37.0 Å². The second-order valence-electron chi connectivity index (χ2n) is 10.6. The van der Waals surface area contributed by atoms with Crippen LogP contribution in [0.25, 0.3) is 10.9 Å². The number of hydrogen-bond acceptors (Lipinski definition) is 7. The third kappa shape index (κ3) is 5.27. The van der Waals surface area contributed by atoms with Gasteiger partial charge in [-0.15, -0.1) is 0 Å². The number of fused-ring (bicyclic) bond motifs is 2. The molecule has 0 saturated carbocycles. The lowest BCUT2D eigenvalue weighted by Gasteiger charge is -2.40. The Bertz CT molecular complexity index is 1450. The van der Waals surface area contributed by atoms with Gasteiger partial charge in [-0.1, -0.05) is 0 Å². The second-order valence-corrected chi connectivity index (χ2v) is 10.6. The molecule has 9 nitrogen and oxygen atoms in total. The highest BCUT2D eigenvalue weighted by Crippen LogP contribution is 2.39. The normalized spacial score (nSPS) is 15.7. The first kappa shape index (κ1) is 26.5. The SMILES string of the molecule is COc1cc2ncnc(Nc3ccc4c(c3)CCN4C(=O)OC(C)(C)C)c2cc1C1CN(C(=O)C(F)(F)F)C1. The third-order valence-corrected chi connectivity index (χ3v) is 6.69. The van der Waals surface area contributed by atoms with E-state index in [2.05, 4.69) is 15.3 Å². The molecule has 2 aliphatic rings. The minimum absolute atomic E-state index is 0.0599. The average molecular weight is 544 g/mol. The van der Waals surface area contributed by atoms with Crippen molar-refractivity contribution in [1.82, 2.24) is 14.9 Å². The zero-order valence-corrected chi connectivity index (χ0v) is 21.9. The maximum Gasteiger partial charge on any atom is 0.471 e. The Hall–Kier alpha value is -4.09. The van der Waals surface area contributed by atoms with Crippen molar-refractivity contribution in [3.63, 3.8) is 0 Å². The highest BCUT2D eigenvalue weighted by atomic mass is 19.4. The van der Waals surface area contributed by atoms with E-state index in [1.807, 2.05) is 39.0 Å². The van der Waals surface area contributed by atoms with Crippen LogP contribution in [0.15, 0.2) is 36.7 Å². The largest absolute Gasteiger partial charge is 0.496 e. The summed E-state index contributed by atoms with van der Waals surface area (Å²) >= 11 is 0. The van der Waals surface area contributed by atoms with Gasteiger partial charge in [0.05, 0.1) is 18.3 Å². The molecule has 0 radical (unpaired) electrons. The molecule has 206 valence electrons. The first-order valence-corrected chi connectivity index (χ1v) is 12.4. The molecule has 5 rings (SSSR count). The number of alkyl halides is 3. The lowest BCUT2D eigenvalue weighted by Crippen LogP contribution is -2.53. The fraction of sp³-hybridized carbons (Fsp3) is 0.407. The molecule has 1 saturated heterocycles. The zero-order chi connectivity index (χ0) is 28.1. The molecule has 12 heteroatoms. The van der Waals surface area contributed by atoms with E-state index in [0.717, 1.165) is 21.8 Å². The molecule has 1 N–H and O–H groups in total. The van der Waals surface area contributed by atoms with Crippen molar-refractivity contribution >= 4 is 40.1 Å². The number of methoxy groups -OCH3 is 1. The van der Waals surface area contributed by atoms with Gasteiger partial charge in [0, 0.05) is 48.3 Å². The number of hydrogen-bond donors (Lipinski definition) is 1. The summed E-state index contributed by atoms with van der Waals surface area (Å²) in [5.74, 6) is -1.17. The molecule has 1 fully saturated rings. The van der Waals surface area contributed by atoms with Crippen molar-refractivity contribution < 1.29 is 32.2 Å². The molecule has 0 aliphatic carbocycles. The topological polar surface area (TPSA) is 96.9 Å². The molecular weight excluding hydrogens is 515 g/mol. The van der Waals surface area contributed by atoms with Gasteiger partial charge >= 0.3 is 18.2 Å². The molecule has 3 aromatic rings. The fourth-order valence-electron chi connectivity index (χ4n) is 4.84. The van der Waals surface area contributed by atoms with Gasteiger partial charge in [-0.05, 0) is 57.0 Å². The number of benzene rings is 2. The molecule has 0 bridgehead atoms. The number of halogens is 3. The van der Waals surface area contributed by atoms with E-state index in [9.17, 15) is 22.8 Å². The first-order valence-electron chi connectivity index (χ1n) is 12.4. The van der Waals surface area contributed by atoms with Crippen LogP contribution in [0.3, 0.4) is 0 Å². The summed E-state index contributed by atoms with van der Waals surface area (Å²) in [6, 6.07) is 9.16. The molecule has 2 amide bonds. The molecule has 0 unspecified atom stereocenters. The maximum absolute atomic E-state index is 12.8. The first-order chi connectivity index (χ1) is 18.3. The standard InChI is InChI=1S/C27H28F3N5O4/c1-26(2,3)39-25(37)35-8-7-15-9-17(5-6-21(15)35)33-23-19-10-18(22(38-4)11-20(19)31-14-32-23)16-12-34(13-16)24(36)27(28,29)30/h5-6,9-11,14,16H,7-8,12-13H2,1-4H3,(H,31,32,33). The number of nitrogens with zero attached hydrogens (tertiary/aromatic N) is 4. The minimum atomic E-state index is -4.90. The number of ether oxygens (including phenoxy) is 2. The van der Waals surface area contributed by atoms with Gasteiger partial charge in [-0.2, -0.15) is 13.2 Å². The van der Waals surface area contributed by atoms with Crippen LogP contribution in [-0.4, -0.2) is 65.4 Å². The summed E-state index contributed by atoms with van der Waals surface area (Å²) in [5.41, 5.74) is 3.20. The summed E-state index contributed by atoms with van der Waals surface area (Å²) in [6.07, 6.45) is -3.21. The molecule has 3 heterocycles. The van der Waals surface area contributed by atoms with E-state index in [4.69, 9.17) is 9.47 Å². The summed E-state index contributed by atoms with van der Waals surface area (Å²) in [4.78, 5) is 35.3. The number of amides is 2. The summed E-state index contributed by atoms with van der Waals surface area (Å²) in [5, 5.41) is 3.96. The van der Waals surface area contributed by atoms with Crippen LogP contribution < -0.4 is 15.0 Å². The van der Waals surface area contributed by atoms with Gasteiger partial charge in [-0.25, -0.2) is 14.8 Å². The Kier molecular flexibility index (Phi) is 6.51. The van der Waals surface area contributed by atoms with Crippen LogP contribution >= 0.6 is 0 Å². The van der Waals surface area contributed by atoms with Crippen LogP contribution in [0, 0.1) is 0 Å². The van der Waals surface area contributed by atoms with Crippen LogP contribution in [-0.2, 0) is 16.0 Å². The minimum Gasteiger partial charge on any atom is -0.496 e. The molecule has 0 atom stereocenters. The van der Waals surface area contributed by atoms with Gasteiger partial charge in [-0.3, -0.25) is 9.69 Å². The average Bonchev–Trinajstić information content (AvgIpc) is 3.25. The van der Waals surface area contributed by atoms with E-state index in [0.29, 0.717) is 41.0 Å². The van der Waals surface area contributed by atoms with Gasteiger partial charge in [0.2, 0.25) is 0 Å². The molecule has 2 aliphatic heterocycles. The number of aromatic nitrogens is 2. The Balaban J connectivity index is 1.39. The summed E-state index contributed by atoms with van der Waals surface area (Å²) in [6.45, 7) is 5.87. The van der Waals surface area contributed by atoms with Crippen molar-refractivity contribution in [3.05, 3.63) is 47.8 Å². The fourth-order valence-corrected chi connectivity index (χ4v) is 4.84. The number of likely N-dealkylation sites (tertiary alicyclic amines) is 1. The summed E-state index contributed by atoms with van der Waals surface area (Å²) < 4.78 is 49.4.